The second-order valence-electron chi connectivity index (χ2n) is 8.84. The lowest BCUT2D eigenvalue weighted by Gasteiger charge is -2.26. The summed E-state index contributed by atoms with van der Waals surface area (Å²) in [6, 6.07) is 15.1. The second kappa shape index (κ2) is 11.7. The Kier molecular flexibility index (Phi) is 7.88. The highest BCUT2D eigenvalue weighted by molar-refractivity contribution is 9.10. The lowest BCUT2D eigenvalue weighted by atomic mass is 10.0. The van der Waals surface area contributed by atoms with Crippen LogP contribution < -0.4 is 29.2 Å². The summed E-state index contributed by atoms with van der Waals surface area (Å²) in [5.41, 5.74) is 2.28. The lowest BCUT2D eigenvalue weighted by molar-refractivity contribution is -0.122. The molecule has 2 aliphatic heterocycles. The third-order valence-electron chi connectivity index (χ3n) is 6.14. The molecule has 1 saturated heterocycles. The minimum absolute atomic E-state index is 0.0423. The van der Waals surface area contributed by atoms with Crippen LogP contribution in [0.15, 0.2) is 77.3 Å². The van der Waals surface area contributed by atoms with Gasteiger partial charge in [-0.15, -0.1) is 6.58 Å². The molecule has 0 aliphatic carbocycles. The molecule has 0 unspecified atom stereocenters. The molecule has 5 rings (SSSR count). The second-order valence-corrected chi connectivity index (χ2v) is 9.76. The zero-order valence-corrected chi connectivity index (χ0v) is 23.2. The Morgan fingerprint density at radius 1 is 1.02 bits per heavy atom. The molecule has 0 bridgehead atoms. The molecule has 1 fully saturated rings. The largest absolute Gasteiger partial charge is 0.490 e. The number of nitrogens with one attached hydrogen (secondary N) is 1. The third-order valence-corrected chi connectivity index (χ3v) is 6.67. The fourth-order valence-electron chi connectivity index (χ4n) is 4.32. The van der Waals surface area contributed by atoms with Crippen molar-refractivity contribution in [3.8, 4) is 23.0 Å². The Hall–Kier alpha value is -4.57. The molecule has 0 saturated carbocycles. The van der Waals surface area contributed by atoms with E-state index in [1.165, 1.54) is 12.1 Å². The number of carbonyl (C=O) groups is 3. The maximum absolute atomic E-state index is 13.5. The molecule has 4 amide bonds. The Labute approximate surface area is 239 Å². The van der Waals surface area contributed by atoms with Gasteiger partial charge in [-0.05, 0) is 66.9 Å². The zero-order valence-electron chi connectivity index (χ0n) is 21.6. The number of amides is 4. The van der Waals surface area contributed by atoms with Gasteiger partial charge in [0.1, 0.15) is 12.2 Å². The number of carbonyl (C=O) groups excluding carboxylic acids is 3. The van der Waals surface area contributed by atoms with Crippen LogP contribution >= 0.6 is 15.9 Å². The van der Waals surface area contributed by atoms with E-state index in [2.05, 4.69) is 27.8 Å². The number of barbiturate groups is 1. The van der Waals surface area contributed by atoms with E-state index in [4.69, 9.17) is 18.9 Å². The molecule has 2 heterocycles. The van der Waals surface area contributed by atoms with Crippen molar-refractivity contribution in [3.63, 3.8) is 0 Å². The van der Waals surface area contributed by atoms with Gasteiger partial charge in [0.2, 0.25) is 6.79 Å². The Balaban J connectivity index is 1.49. The molecule has 1 N–H and O–H groups in total. The van der Waals surface area contributed by atoms with Gasteiger partial charge in [-0.2, -0.15) is 0 Å². The fraction of sp³-hybridized carbons (Fsp3) is 0.167. The van der Waals surface area contributed by atoms with Crippen LogP contribution in [-0.4, -0.2) is 31.2 Å². The van der Waals surface area contributed by atoms with Gasteiger partial charge in [-0.3, -0.25) is 14.9 Å². The first kappa shape index (κ1) is 27.0. The van der Waals surface area contributed by atoms with Gasteiger partial charge in [0.05, 0.1) is 12.3 Å². The summed E-state index contributed by atoms with van der Waals surface area (Å²) in [4.78, 5) is 39.8. The summed E-state index contributed by atoms with van der Waals surface area (Å²) >= 11 is 3.43. The predicted octanol–water partition coefficient (Wildman–Crippen LogP) is 5.55. The van der Waals surface area contributed by atoms with Crippen molar-refractivity contribution in [1.82, 2.24) is 5.32 Å². The van der Waals surface area contributed by atoms with Crippen LogP contribution in [-0.2, 0) is 22.6 Å². The summed E-state index contributed by atoms with van der Waals surface area (Å²) in [6.45, 7) is 6.42. The average Bonchev–Trinajstić information content (AvgIpc) is 3.40. The molecular formula is C30H25BrN2O7. The molecule has 0 aromatic heterocycles. The number of rotatable bonds is 9. The number of allylic oxidation sites excluding steroid dienone is 1. The van der Waals surface area contributed by atoms with Crippen molar-refractivity contribution in [2.75, 3.05) is 18.3 Å². The zero-order chi connectivity index (χ0) is 28.2. The Morgan fingerprint density at radius 2 is 1.80 bits per heavy atom. The smallest absolute Gasteiger partial charge is 0.335 e. The first-order chi connectivity index (χ1) is 19.4. The van der Waals surface area contributed by atoms with E-state index < -0.39 is 17.8 Å². The number of benzene rings is 3. The molecule has 10 heteroatoms. The minimum Gasteiger partial charge on any atom is -0.490 e. The van der Waals surface area contributed by atoms with Crippen LogP contribution in [0.2, 0.25) is 0 Å². The van der Waals surface area contributed by atoms with Gasteiger partial charge >= 0.3 is 6.03 Å². The summed E-state index contributed by atoms with van der Waals surface area (Å²) in [5, 5.41) is 2.24. The van der Waals surface area contributed by atoms with Crippen molar-refractivity contribution < 1.29 is 33.3 Å². The van der Waals surface area contributed by atoms with Crippen LogP contribution in [0.25, 0.3) is 6.08 Å². The molecule has 0 spiro atoms. The number of hydrogen-bond donors (Lipinski definition) is 1. The fourth-order valence-corrected chi connectivity index (χ4v) is 4.58. The maximum atomic E-state index is 13.5. The summed E-state index contributed by atoms with van der Waals surface area (Å²) < 4.78 is 23.7. The van der Waals surface area contributed by atoms with Crippen LogP contribution in [0.5, 0.6) is 23.0 Å². The normalized spacial score (nSPS) is 15.3. The predicted molar refractivity (Wildman–Crippen MR) is 152 cm³/mol. The molecule has 0 atom stereocenters. The van der Waals surface area contributed by atoms with Gasteiger partial charge in [-0.25, -0.2) is 9.69 Å². The number of fused-ring (bicyclic) bond motifs is 1. The van der Waals surface area contributed by atoms with Gasteiger partial charge in [0, 0.05) is 16.1 Å². The molecule has 2 aliphatic rings. The molecule has 9 nitrogen and oxygen atoms in total. The number of urea groups is 1. The third kappa shape index (κ3) is 5.57. The standard InChI is InChI=1S/C30H25BrN2O7/c1-3-5-20-12-19(14-26(37-4-2)27(20)38-16-18-6-8-21(31)9-7-18)13-23-28(34)32-30(36)33(29(23)35)22-10-11-24-25(15-22)40-17-39-24/h3,6-15H,1,4-5,16-17H2,2H3,(H,32,34,36)/b23-13+. The van der Waals surface area contributed by atoms with Crippen LogP contribution in [0, 0.1) is 0 Å². The van der Waals surface area contributed by atoms with Gasteiger partial charge in [0.25, 0.3) is 11.8 Å². The highest BCUT2D eigenvalue weighted by atomic mass is 79.9. The quantitative estimate of drug-likeness (QED) is 0.194. The topological polar surface area (TPSA) is 103 Å². The van der Waals surface area contributed by atoms with E-state index in [0.29, 0.717) is 48.2 Å². The first-order valence-electron chi connectivity index (χ1n) is 12.5. The first-order valence-corrected chi connectivity index (χ1v) is 13.3. The van der Waals surface area contributed by atoms with Gasteiger partial charge in [-0.1, -0.05) is 34.1 Å². The number of anilines is 1. The summed E-state index contributed by atoms with van der Waals surface area (Å²) in [7, 11) is 0. The van der Waals surface area contributed by atoms with E-state index >= 15 is 0 Å². The Bertz CT molecular complexity index is 1530. The van der Waals surface area contributed by atoms with Crippen LogP contribution in [0.1, 0.15) is 23.6 Å². The van der Waals surface area contributed by atoms with Crippen molar-refractivity contribution in [1.29, 1.82) is 0 Å². The van der Waals surface area contributed by atoms with Crippen molar-refractivity contribution in [2.45, 2.75) is 20.0 Å². The van der Waals surface area contributed by atoms with Crippen LogP contribution in [0.3, 0.4) is 0 Å². The maximum Gasteiger partial charge on any atom is 0.335 e. The number of halogens is 1. The van der Waals surface area contributed by atoms with Gasteiger partial charge in [0.15, 0.2) is 23.0 Å². The lowest BCUT2D eigenvalue weighted by Crippen LogP contribution is -2.54. The summed E-state index contributed by atoms with van der Waals surface area (Å²) in [5.74, 6) is 0.328. The van der Waals surface area contributed by atoms with Crippen molar-refractivity contribution in [3.05, 3.63) is 94.0 Å². The molecule has 0 radical (unpaired) electrons. The summed E-state index contributed by atoms with van der Waals surface area (Å²) in [6.07, 6.45) is 3.61. The molecular weight excluding hydrogens is 580 g/mol. The number of imide groups is 2. The van der Waals surface area contributed by atoms with E-state index in [0.717, 1.165) is 20.5 Å². The highest BCUT2D eigenvalue weighted by Crippen LogP contribution is 2.38. The van der Waals surface area contributed by atoms with E-state index in [9.17, 15) is 14.4 Å². The molecule has 3 aromatic carbocycles. The number of hydrogen-bond acceptors (Lipinski definition) is 7. The van der Waals surface area contributed by atoms with E-state index in [1.54, 1.807) is 30.3 Å². The van der Waals surface area contributed by atoms with Crippen molar-refractivity contribution in [2.24, 2.45) is 0 Å². The molecule has 3 aromatic rings. The minimum atomic E-state index is -0.856. The van der Waals surface area contributed by atoms with E-state index in [1.807, 2.05) is 31.2 Å². The number of nitrogens with zero attached hydrogens (tertiary/aromatic N) is 1. The molecule has 204 valence electrons. The van der Waals surface area contributed by atoms with E-state index in [-0.39, 0.29) is 18.1 Å². The van der Waals surface area contributed by atoms with Gasteiger partial charge < -0.3 is 18.9 Å². The SMILES string of the molecule is C=CCc1cc(/C=C2\C(=O)NC(=O)N(c3ccc4c(c3)OCO4)C2=O)cc(OCC)c1OCc1ccc(Br)cc1. The number of ether oxygens (including phenoxy) is 4. The van der Waals surface area contributed by atoms with Crippen molar-refractivity contribution >= 4 is 45.5 Å². The monoisotopic (exact) mass is 604 g/mol. The Morgan fingerprint density at radius 3 is 2.55 bits per heavy atom. The molecule has 40 heavy (non-hydrogen) atoms. The van der Waals surface area contributed by atoms with Crippen LogP contribution in [0.4, 0.5) is 10.5 Å². The average molecular weight is 605 g/mol. The highest BCUT2D eigenvalue weighted by Gasteiger charge is 2.37.